The molecule has 1 atom stereocenters. The van der Waals surface area contributed by atoms with Crippen LogP contribution in [-0.2, 0) is 0 Å². The van der Waals surface area contributed by atoms with Crippen molar-refractivity contribution >= 4 is 0 Å². The highest BCUT2D eigenvalue weighted by atomic mass is 14.9. The van der Waals surface area contributed by atoms with E-state index in [1.807, 2.05) is 39.2 Å². The Morgan fingerprint density at radius 2 is 1.94 bits per heavy atom. The van der Waals surface area contributed by atoms with E-state index in [0.717, 1.165) is 22.8 Å². The van der Waals surface area contributed by atoms with Crippen molar-refractivity contribution in [3.05, 3.63) is 53.4 Å². The van der Waals surface area contributed by atoms with Crippen LogP contribution in [-0.4, -0.2) is 22.0 Å². The summed E-state index contributed by atoms with van der Waals surface area (Å²) in [6.07, 6.45) is 3.66. The van der Waals surface area contributed by atoms with Gasteiger partial charge in [0, 0.05) is 18.1 Å². The largest absolute Gasteiger partial charge is 0.308 e. The van der Waals surface area contributed by atoms with Crippen LogP contribution in [0.5, 0.6) is 0 Å². The number of nitrogens with one attached hydrogen (secondary N) is 1. The standard InChI is InChI=1S/C13H16N4/c1-9-4-5-11(8-16-9)13(14-3)12-6-7-15-10(2)17-12/h4-8,13-14H,1-3H3. The Hall–Kier alpha value is -1.81. The molecule has 2 aromatic rings. The van der Waals surface area contributed by atoms with E-state index < -0.39 is 0 Å². The van der Waals surface area contributed by atoms with Gasteiger partial charge in [0.15, 0.2) is 0 Å². The van der Waals surface area contributed by atoms with Crippen molar-refractivity contribution in [2.24, 2.45) is 0 Å². The third-order valence-electron chi connectivity index (χ3n) is 2.65. The molecule has 0 fully saturated rings. The number of aryl methyl sites for hydroxylation is 2. The lowest BCUT2D eigenvalue weighted by atomic mass is 10.1. The van der Waals surface area contributed by atoms with Crippen LogP contribution in [0.3, 0.4) is 0 Å². The highest BCUT2D eigenvalue weighted by Crippen LogP contribution is 2.18. The van der Waals surface area contributed by atoms with E-state index in [4.69, 9.17) is 0 Å². The SMILES string of the molecule is CNC(c1ccc(C)nc1)c1ccnc(C)n1. The first-order chi connectivity index (χ1) is 8.20. The fraction of sp³-hybridized carbons (Fsp3) is 0.308. The highest BCUT2D eigenvalue weighted by molar-refractivity contribution is 5.25. The minimum atomic E-state index is 0.0600. The number of pyridine rings is 1. The van der Waals surface area contributed by atoms with Gasteiger partial charge < -0.3 is 5.32 Å². The highest BCUT2D eigenvalue weighted by Gasteiger charge is 2.13. The van der Waals surface area contributed by atoms with Crippen LogP contribution >= 0.6 is 0 Å². The molecular formula is C13H16N4. The Morgan fingerprint density at radius 1 is 1.12 bits per heavy atom. The molecule has 2 aromatic heterocycles. The molecule has 0 amide bonds. The second kappa shape index (κ2) is 5.01. The molecule has 1 N–H and O–H groups in total. The fourth-order valence-electron chi connectivity index (χ4n) is 1.77. The fourth-order valence-corrected chi connectivity index (χ4v) is 1.77. The quantitative estimate of drug-likeness (QED) is 0.870. The minimum absolute atomic E-state index is 0.0600. The predicted molar refractivity (Wildman–Crippen MR) is 66.6 cm³/mol. The van der Waals surface area contributed by atoms with Crippen LogP contribution in [0.4, 0.5) is 0 Å². The van der Waals surface area contributed by atoms with Crippen molar-refractivity contribution < 1.29 is 0 Å². The van der Waals surface area contributed by atoms with Crippen LogP contribution in [0, 0.1) is 13.8 Å². The van der Waals surface area contributed by atoms with E-state index in [9.17, 15) is 0 Å². The van der Waals surface area contributed by atoms with Gasteiger partial charge in [-0.15, -0.1) is 0 Å². The van der Waals surface area contributed by atoms with Crippen molar-refractivity contribution in [2.45, 2.75) is 19.9 Å². The van der Waals surface area contributed by atoms with Gasteiger partial charge in [-0.05, 0) is 38.6 Å². The van der Waals surface area contributed by atoms with Crippen molar-refractivity contribution in [1.82, 2.24) is 20.3 Å². The van der Waals surface area contributed by atoms with Crippen LogP contribution in [0.15, 0.2) is 30.6 Å². The average molecular weight is 228 g/mol. The molecule has 88 valence electrons. The summed E-state index contributed by atoms with van der Waals surface area (Å²) in [7, 11) is 1.92. The van der Waals surface area contributed by atoms with Crippen LogP contribution in [0.1, 0.15) is 28.8 Å². The van der Waals surface area contributed by atoms with Crippen LogP contribution in [0.2, 0.25) is 0 Å². The molecule has 0 saturated carbocycles. The molecule has 0 saturated heterocycles. The van der Waals surface area contributed by atoms with Gasteiger partial charge in [0.1, 0.15) is 5.82 Å². The third-order valence-corrected chi connectivity index (χ3v) is 2.65. The lowest BCUT2D eigenvalue weighted by Crippen LogP contribution is -2.19. The topological polar surface area (TPSA) is 50.7 Å². The lowest BCUT2D eigenvalue weighted by Gasteiger charge is -2.16. The summed E-state index contributed by atoms with van der Waals surface area (Å²) in [5.41, 5.74) is 3.09. The van der Waals surface area contributed by atoms with Crippen molar-refractivity contribution in [2.75, 3.05) is 7.05 Å². The first-order valence-electron chi connectivity index (χ1n) is 5.60. The molecule has 0 aliphatic carbocycles. The first kappa shape index (κ1) is 11.7. The van der Waals surface area contributed by atoms with Crippen LogP contribution in [0.25, 0.3) is 0 Å². The molecule has 0 spiro atoms. The maximum atomic E-state index is 4.44. The minimum Gasteiger partial charge on any atom is -0.308 e. The maximum Gasteiger partial charge on any atom is 0.125 e. The zero-order chi connectivity index (χ0) is 12.3. The van der Waals surface area contributed by atoms with Gasteiger partial charge >= 0.3 is 0 Å². The molecule has 4 nitrogen and oxygen atoms in total. The number of hydrogen-bond acceptors (Lipinski definition) is 4. The van der Waals surface area contributed by atoms with Crippen molar-refractivity contribution in [1.29, 1.82) is 0 Å². The summed E-state index contributed by atoms with van der Waals surface area (Å²) in [5.74, 6) is 0.780. The third kappa shape index (κ3) is 2.65. The second-order valence-corrected chi connectivity index (χ2v) is 3.98. The first-order valence-corrected chi connectivity index (χ1v) is 5.60. The monoisotopic (exact) mass is 228 g/mol. The molecule has 2 heterocycles. The molecule has 0 aromatic carbocycles. The Balaban J connectivity index is 2.36. The Kier molecular flexibility index (Phi) is 3.44. The van der Waals surface area contributed by atoms with E-state index in [2.05, 4.69) is 26.3 Å². The van der Waals surface area contributed by atoms with Gasteiger partial charge in [0.25, 0.3) is 0 Å². The van der Waals surface area contributed by atoms with E-state index in [1.165, 1.54) is 0 Å². The van der Waals surface area contributed by atoms with Gasteiger partial charge in [-0.25, -0.2) is 9.97 Å². The number of aromatic nitrogens is 3. The predicted octanol–water partition coefficient (Wildman–Crippen LogP) is 1.80. The molecule has 0 bridgehead atoms. The summed E-state index contributed by atoms with van der Waals surface area (Å²) in [5, 5.41) is 3.25. The Bertz CT molecular complexity index is 493. The van der Waals surface area contributed by atoms with Gasteiger partial charge in [-0.2, -0.15) is 0 Å². The summed E-state index contributed by atoms with van der Waals surface area (Å²) in [4.78, 5) is 12.9. The Labute approximate surface area is 101 Å². The summed E-state index contributed by atoms with van der Waals surface area (Å²) in [6.45, 7) is 3.87. The number of hydrogen-bond donors (Lipinski definition) is 1. The zero-order valence-corrected chi connectivity index (χ0v) is 10.3. The van der Waals surface area contributed by atoms with E-state index in [1.54, 1.807) is 6.20 Å². The molecule has 0 aliphatic heterocycles. The van der Waals surface area contributed by atoms with E-state index in [-0.39, 0.29) is 6.04 Å². The summed E-state index contributed by atoms with van der Waals surface area (Å²) >= 11 is 0. The number of rotatable bonds is 3. The normalized spacial score (nSPS) is 12.4. The van der Waals surface area contributed by atoms with E-state index >= 15 is 0 Å². The summed E-state index contributed by atoms with van der Waals surface area (Å²) < 4.78 is 0. The van der Waals surface area contributed by atoms with Crippen molar-refractivity contribution in [3.63, 3.8) is 0 Å². The van der Waals surface area contributed by atoms with Crippen LogP contribution < -0.4 is 5.32 Å². The van der Waals surface area contributed by atoms with Crippen molar-refractivity contribution in [3.8, 4) is 0 Å². The molecule has 2 rings (SSSR count). The van der Waals surface area contributed by atoms with E-state index in [0.29, 0.717) is 0 Å². The maximum absolute atomic E-state index is 4.44. The lowest BCUT2D eigenvalue weighted by molar-refractivity contribution is 0.661. The number of nitrogens with zero attached hydrogens (tertiary/aromatic N) is 3. The molecular weight excluding hydrogens is 212 g/mol. The molecule has 1 unspecified atom stereocenters. The van der Waals surface area contributed by atoms with Gasteiger partial charge in [-0.1, -0.05) is 6.07 Å². The van der Waals surface area contributed by atoms with Gasteiger partial charge in [0.2, 0.25) is 0 Å². The Morgan fingerprint density at radius 3 is 2.53 bits per heavy atom. The smallest absolute Gasteiger partial charge is 0.125 e. The summed E-state index contributed by atoms with van der Waals surface area (Å²) in [6, 6.07) is 6.06. The second-order valence-electron chi connectivity index (χ2n) is 3.98. The molecule has 0 radical (unpaired) electrons. The molecule has 0 aliphatic rings. The molecule has 17 heavy (non-hydrogen) atoms. The zero-order valence-electron chi connectivity index (χ0n) is 10.3. The van der Waals surface area contributed by atoms with Gasteiger partial charge in [-0.3, -0.25) is 4.98 Å². The molecule has 4 heteroatoms. The average Bonchev–Trinajstić information content (AvgIpc) is 2.33. The van der Waals surface area contributed by atoms with Gasteiger partial charge in [0.05, 0.1) is 11.7 Å².